The van der Waals surface area contributed by atoms with Crippen LogP contribution in [0.5, 0.6) is 0 Å². The number of benzene rings is 1. The Morgan fingerprint density at radius 2 is 2.25 bits per heavy atom. The molecule has 1 aromatic rings. The Balaban J connectivity index is 1.88. The van der Waals surface area contributed by atoms with Gasteiger partial charge in [-0.1, -0.05) is 15.9 Å². The summed E-state index contributed by atoms with van der Waals surface area (Å²) in [6.07, 6.45) is -0.117. The normalized spacial score (nSPS) is 18.1. The average Bonchev–Trinajstić information content (AvgIpc) is 2.81. The molecule has 1 saturated heterocycles. The lowest BCUT2D eigenvalue weighted by atomic mass is 10.0. The van der Waals surface area contributed by atoms with Crippen molar-refractivity contribution in [1.82, 2.24) is 4.90 Å². The average molecular weight is 345 g/mol. The summed E-state index contributed by atoms with van der Waals surface area (Å²) in [6.45, 7) is 0.797. The van der Waals surface area contributed by atoms with E-state index in [2.05, 4.69) is 21.2 Å². The largest absolute Gasteiger partial charge is 0.465 e. The minimum atomic E-state index is -0.966. The molecule has 0 saturated carbocycles. The van der Waals surface area contributed by atoms with Gasteiger partial charge in [0.25, 0.3) is 0 Å². The van der Waals surface area contributed by atoms with E-state index in [-0.39, 0.29) is 23.9 Å². The van der Waals surface area contributed by atoms with Crippen molar-refractivity contribution in [1.29, 1.82) is 0 Å². The molecule has 1 atom stereocenters. The molecule has 0 aliphatic carbocycles. The molecule has 2 rings (SSSR count). The number of carbonyl (C=O) groups excluding carboxylic acids is 1. The molecule has 1 fully saturated rings. The minimum absolute atomic E-state index is 0.00962. The smallest absolute Gasteiger partial charge is 0.407 e. The van der Waals surface area contributed by atoms with E-state index < -0.39 is 11.9 Å². The van der Waals surface area contributed by atoms with Gasteiger partial charge in [-0.3, -0.25) is 4.79 Å². The van der Waals surface area contributed by atoms with Crippen molar-refractivity contribution in [3.63, 3.8) is 0 Å². The van der Waals surface area contributed by atoms with Crippen molar-refractivity contribution in [2.24, 2.45) is 5.92 Å². The maximum absolute atomic E-state index is 13.6. The maximum atomic E-state index is 13.6. The lowest BCUT2D eigenvalue weighted by Crippen LogP contribution is -2.27. The number of anilines is 1. The van der Waals surface area contributed by atoms with Crippen LogP contribution < -0.4 is 5.32 Å². The topological polar surface area (TPSA) is 69.6 Å². The van der Waals surface area contributed by atoms with Crippen LogP contribution in [0.4, 0.5) is 14.9 Å². The molecule has 108 valence electrons. The number of halogens is 2. The fourth-order valence-electron chi connectivity index (χ4n) is 2.23. The number of nitrogens with one attached hydrogen (secondary N) is 1. The molecule has 2 amide bonds. The molecule has 1 heterocycles. The van der Waals surface area contributed by atoms with E-state index in [4.69, 9.17) is 5.11 Å². The first-order chi connectivity index (χ1) is 9.45. The van der Waals surface area contributed by atoms with E-state index >= 15 is 0 Å². The molecule has 0 spiro atoms. The molecule has 0 unspecified atom stereocenters. The third-order valence-corrected chi connectivity index (χ3v) is 3.73. The highest BCUT2D eigenvalue weighted by atomic mass is 79.9. The Morgan fingerprint density at radius 1 is 1.50 bits per heavy atom. The third-order valence-electron chi connectivity index (χ3n) is 3.24. The van der Waals surface area contributed by atoms with Crippen LogP contribution in [-0.4, -0.2) is 35.1 Å². The molecule has 2 N–H and O–H groups in total. The molecule has 1 aliphatic heterocycles. The van der Waals surface area contributed by atoms with E-state index in [1.807, 2.05) is 0 Å². The summed E-state index contributed by atoms with van der Waals surface area (Å²) in [5.41, 5.74) is 0.131. The van der Waals surface area contributed by atoms with E-state index in [1.54, 1.807) is 6.07 Å². The lowest BCUT2D eigenvalue weighted by Gasteiger charge is -2.12. The number of nitrogens with zero attached hydrogens (tertiary/aromatic N) is 1. The summed E-state index contributed by atoms with van der Waals surface area (Å²) in [6, 6.07) is 4.40. The van der Waals surface area contributed by atoms with Gasteiger partial charge >= 0.3 is 6.09 Å². The molecule has 20 heavy (non-hydrogen) atoms. The molecule has 1 aromatic carbocycles. The van der Waals surface area contributed by atoms with Gasteiger partial charge in [-0.05, 0) is 30.5 Å². The van der Waals surface area contributed by atoms with Crippen LogP contribution in [0, 0.1) is 11.7 Å². The Bertz CT molecular complexity index is 538. The Hall–Kier alpha value is -1.63. The second kappa shape index (κ2) is 6.21. The highest BCUT2D eigenvalue weighted by Crippen LogP contribution is 2.22. The summed E-state index contributed by atoms with van der Waals surface area (Å²) in [7, 11) is 0. The SMILES string of the molecule is O=C(C[C@@H]1CCN(C(=O)O)C1)Nc1ccc(Br)cc1F. The first kappa shape index (κ1) is 14.8. The Kier molecular flexibility index (Phi) is 4.59. The van der Waals surface area contributed by atoms with Crippen LogP contribution in [0.2, 0.25) is 0 Å². The highest BCUT2D eigenvalue weighted by molar-refractivity contribution is 9.10. The number of hydrogen-bond donors (Lipinski definition) is 2. The van der Waals surface area contributed by atoms with Gasteiger partial charge in [-0.15, -0.1) is 0 Å². The molecule has 7 heteroatoms. The van der Waals surface area contributed by atoms with Gasteiger partial charge in [-0.2, -0.15) is 0 Å². The first-order valence-electron chi connectivity index (χ1n) is 6.18. The van der Waals surface area contributed by atoms with E-state index in [9.17, 15) is 14.0 Å². The zero-order valence-electron chi connectivity index (χ0n) is 10.6. The monoisotopic (exact) mass is 344 g/mol. The maximum Gasteiger partial charge on any atom is 0.407 e. The third kappa shape index (κ3) is 3.69. The lowest BCUT2D eigenvalue weighted by molar-refractivity contribution is -0.117. The van der Waals surface area contributed by atoms with Gasteiger partial charge in [0.2, 0.25) is 5.91 Å². The van der Waals surface area contributed by atoms with Gasteiger partial charge in [0.05, 0.1) is 5.69 Å². The summed E-state index contributed by atoms with van der Waals surface area (Å²) < 4.78 is 14.2. The summed E-state index contributed by atoms with van der Waals surface area (Å²) >= 11 is 3.14. The van der Waals surface area contributed by atoms with Crippen molar-refractivity contribution < 1.29 is 19.1 Å². The van der Waals surface area contributed by atoms with E-state index in [0.29, 0.717) is 24.0 Å². The summed E-state index contributed by atoms with van der Waals surface area (Å²) in [5.74, 6) is -0.820. The highest BCUT2D eigenvalue weighted by Gasteiger charge is 2.27. The van der Waals surface area contributed by atoms with Gasteiger partial charge < -0.3 is 15.3 Å². The summed E-state index contributed by atoms with van der Waals surface area (Å²) in [4.78, 5) is 23.9. The molecular formula is C13H14BrFN2O3. The zero-order valence-corrected chi connectivity index (χ0v) is 12.2. The number of hydrogen-bond acceptors (Lipinski definition) is 2. The molecule has 0 radical (unpaired) electrons. The second-order valence-electron chi connectivity index (χ2n) is 4.76. The van der Waals surface area contributed by atoms with Crippen LogP contribution in [0.1, 0.15) is 12.8 Å². The van der Waals surface area contributed by atoms with Gasteiger partial charge in [-0.25, -0.2) is 9.18 Å². The van der Waals surface area contributed by atoms with Crippen molar-refractivity contribution in [2.45, 2.75) is 12.8 Å². The number of amides is 2. The second-order valence-corrected chi connectivity index (χ2v) is 5.68. The van der Waals surface area contributed by atoms with Crippen LogP contribution >= 0.6 is 15.9 Å². The van der Waals surface area contributed by atoms with Crippen molar-refractivity contribution in [2.75, 3.05) is 18.4 Å². The van der Waals surface area contributed by atoms with E-state index in [1.165, 1.54) is 17.0 Å². The van der Waals surface area contributed by atoms with Gasteiger partial charge in [0.15, 0.2) is 0 Å². The number of carboxylic acid groups (broad SMARTS) is 1. The first-order valence-corrected chi connectivity index (χ1v) is 6.98. The number of carbonyl (C=O) groups is 2. The number of rotatable bonds is 3. The molecule has 1 aliphatic rings. The quantitative estimate of drug-likeness (QED) is 0.885. The molecule has 0 bridgehead atoms. The summed E-state index contributed by atoms with van der Waals surface area (Å²) in [5, 5.41) is 11.3. The fourth-order valence-corrected chi connectivity index (χ4v) is 2.56. The predicted molar refractivity (Wildman–Crippen MR) is 75.1 cm³/mol. The fraction of sp³-hybridized carbons (Fsp3) is 0.385. The van der Waals surface area contributed by atoms with Gasteiger partial charge in [0, 0.05) is 24.0 Å². The van der Waals surface area contributed by atoms with Crippen molar-refractivity contribution in [3.8, 4) is 0 Å². The molecular weight excluding hydrogens is 331 g/mol. The Morgan fingerprint density at radius 3 is 2.85 bits per heavy atom. The van der Waals surface area contributed by atoms with Gasteiger partial charge in [0.1, 0.15) is 5.82 Å². The van der Waals surface area contributed by atoms with Crippen molar-refractivity contribution >= 4 is 33.6 Å². The predicted octanol–water partition coefficient (Wildman–Crippen LogP) is 2.92. The number of likely N-dealkylation sites (tertiary alicyclic amines) is 1. The van der Waals surface area contributed by atoms with Crippen LogP contribution in [0.3, 0.4) is 0 Å². The Labute approximate surface area is 123 Å². The zero-order chi connectivity index (χ0) is 14.7. The standard InChI is InChI=1S/C13H14BrFN2O3/c14-9-1-2-11(10(15)6-9)16-12(18)5-8-3-4-17(7-8)13(19)20/h1-2,6,8H,3-5,7H2,(H,16,18)(H,19,20)/t8-/m0/s1. The van der Waals surface area contributed by atoms with E-state index in [0.717, 1.165) is 0 Å². The molecule has 0 aromatic heterocycles. The van der Waals surface area contributed by atoms with Crippen LogP contribution in [0.25, 0.3) is 0 Å². The minimum Gasteiger partial charge on any atom is -0.465 e. The van der Waals surface area contributed by atoms with Crippen molar-refractivity contribution in [3.05, 3.63) is 28.5 Å². The molecule has 5 nitrogen and oxygen atoms in total. The van der Waals surface area contributed by atoms with Crippen LogP contribution in [-0.2, 0) is 4.79 Å². The van der Waals surface area contributed by atoms with Crippen LogP contribution in [0.15, 0.2) is 22.7 Å².